The second-order valence-corrected chi connectivity index (χ2v) is 5.54. The maximum atomic E-state index is 12.4. The van der Waals surface area contributed by atoms with Crippen molar-refractivity contribution in [2.45, 2.75) is 20.3 Å². The third kappa shape index (κ3) is 1.84. The molecular weight excluding hydrogens is 294 g/mol. The minimum absolute atomic E-state index is 0.196. The molecule has 6 heteroatoms. The molecule has 0 unspecified atom stereocenters. The van der Waals surface area contributed by atoms with Crippen molar-refractivity contribution >= 4 is 11.6 Å². The van der Waals surface area contributed by atoms with Crippen LogP contribution in [-0.4, -0.2) is 26.9 Å². The van der Waals surface area contributed by atoms with Crippen LogP contribution >= 0.6 is 0 Å². The van der Waals surface area contributed by atoms with Crippen molar-refractivity contribution in [3.8, 4) is 11.3 Å². The number of H-pyrrole nitrogens is 1. The Kier molecular flexibility index (Phi) is 2.87. The Bertz CT molecular complexity index is 1010. The Labute approximate surface area is 131 Å². The lowest BCUT2D eigenvalue weighted by atomic mass is 10.1. The van der Waals surface area contributed by atoms with E-state index in [2.05, 4.69) is 9.97 Å². The lowest BCUT2D eigenvalue weighted by molar-refractivity contribution is 0.0519. The van der Waals surface area contributed by atoms with E-state index in [4.69, 9.17) is 4.74 Å². The molecule has 23 heavy (non-hydrogen) atoms. The van der Waals surface area contributed by atoms with E-state index < -0.39 is 5.97 Å². The second kappa shape index (κ2) is 4.81. The predicted molar refractivity (Wildman–Crippen MR) is 84.7 cm³/mol. The van der Waals surface area contributed by atoms with Crippen molar-refractivity contribution in [2.24, 2.45) is 0 Å². The number of carbonyl (C=O) groups is 1. The molecule has 1 aliphatic carbocycles. The van der Waals surface area contributed by atoms with Crippen LogP contribution in [0, 0.1) is 6.92 Å². The van der Waals surface area contributed by atoms with Gasteiger partial charge in [-0.3, -0.25) is 9.20 Å². The van der Waals surface area contributed by atoms with Crippen LogP contribution in [0.5, 0.6) is 0 Å². The molecule has 0 amide bonds. The maximum absolute atomic E-state index is 12.4. The highest BCUT2D eigenvalue weighted by Gasteiger charge is 2.27. The molecule has 2 heterocycles. The molecule has 0 saturated carbocycles. The van der Waals surface area contributed by atoms with Crippen molar-refractivity contribution in [1.82, 2.24) is 14.4 Å². The average Bonchev–Trinajstić information content (AvgIpc) is 3.07. The number of fused-ring (bicyclic) bond motifs is 5. The van der Waals surface area contributed by atoms with Gasteiger partial charge in [0.1, 0.15) is 0 Å². The number of ether oxygens (including phenoxy) is 1. The van der Waals surface area contributed by atoms with Gasteiger partial charge >= 0.3 is 5.97 Å². The molecule has 1 aromatic carbocycles. The number of aromatic amines is 1. The van der Waals surface area contributed by atoms with Gasteiger partial charge in [-0.2, -0.15) is 0 Å². The molecular formula is C17H15N3O3. The Hall–Kier alpha value is -2.89. The zero-order chi connectivity index (χ0) is 16.1. The fourth-order valence-corrected chi connectivity index (χ4v) is 3.22. The summed E-state index contributed by atoms with van der Waals surface area (Å²) in [6.07, 6.45) is 0.693. The normalized spacial score (nSPS) is 12.3. The first-order chi connectivity index (χ1) is 11.1. The zero-order valence-electron chi connectivity index (χ0n) is 12.8. The summed E-state index contributed by atoms with van der Waals surface area (Å²) >= 11 is 0. The standard InChI is InChI=1S/C17H15N3O3/c1-3-23-17(22)13-9(2)20-12-8-10-6-4-5-7-11(10)14(12)19-16(21)15(20)18-13/h4-7H,3,8H2,1-2H3,(H,19,21). The third-order valence-electron chi connectivity index (χ3n) is 4.22. The van der Waals surface area contributed by atoms with Gasteiger partial charge < -0.3 is 9.72 Å². The highest BCUT2D eigenvalue weighted by molar-refractivity contribution is 5.90. The molecule has 0 saturated heterocycles. The van der Waals surface area contributed by atoms with Gasteiger partial charge in [-0.05, 0) is 19.4 Å². The average molecular weight is 309 g/mol. The molecule has 3 aromatic rings. The highest BCUT2D eigenvalue weighted by atomic mass is 16.5. The van der Waals surface area contributed by atoms with Crippen LogP contribution in [0.25, 0.3) is 16.9 Å². The fraction of sp³-hybridized carbons (Fsp3) is 0.235. The van der Waals surface area contributed by atoms with Crippen molar-refractivity contribution in [2.75, 3.05) is 6.61 Å². The summed E-state index contributed by atoms with van der Waals surface area (Å²) in [5, 5.41) is 0. The molecule has 2 aromatic heterocycles. The Morgan fingerprint density at radius 3 is 2.96 bits per heavy atom. The van der Waals surface area contributed by atoms with Gasteiger partial charge in [-0.1, -0.05) is 24.3 Å². The van der Waals surface area contributed by atoms with Gasteiger partial charge in [0.2, 0.25) is 5.65 Å². The minimum Gasteiger partial charge on any atom is -0.461 e. The summed E-state index contributed by atoms with van der Waals surface area (Å²) in [6.45, 7) is 3.80. The maximum Gasteiger partial charge on any atom is 0.358 e. The summed E-state index contributed by atoms with van der Waals surface area (Å²) in [5.74, 6) is -0.502. The number of nitrogens with one attached hydrogen (secondary N) is 1. The van der Waals surface area contributed by atoms with E-state index in [1.165, 1.54) is 0 Å². The van der Waals surface area contributed by atoms with E-state index >= 15 is 0 Å². The van der Waals surface area contributed by atoms with Crippen LogP contribution in [-0.2, 0) is 11.2 Å². The van der Waals surface area contributed by atoms with E-state index in [1.807, 2.05) is 24.3 Å². The van der Waals surface area contributed by atoms with E-state index in [9.17, 15) is 9.59 Å². The van der Waals surface area contributed by atoms with E-state index in [0.717, 1.165) is 22.5 Å². The van der Waals surface area contributed by atoms with Gasteiger partial charge in [-0.25, -0.2) is 9.78 Å². The minimum atomic E-state index is -0.502. The van der Waals surface area contributed by atoms with Crippen LogP contribution in [0.1, 0.15) is 34.4 Å². The van der Waals surface area contributed by atoms with Gasteiger partial charge in [0.05, 0.1) is 23.7 Å². The summed E-state index contributed by atoms with van der Waals surface area (Å²) in [5.41, 5.74) is 4.67. The first-order valence-corrected chi connectivity index (χ1v) is 7.51. The quantitative estimate of drug-likeness (QED) is 0.575. The van der Waals surface area contributed by atoms with Gasteiger partial charge in [-0.15, -0.1) is 0 Å². The number of rotatable bonds is 2. The zero-order valence-corrected chi connectivity index (χ0v) is 12.8. The SMILES string of the molecule is CCOC(=O)c1nc2c(=O)[nH]c3c(n2c1C)Cc1ccccc1-3. The molecule has 0 bridgehead atoms. The number of hydrogen-bond acceptors (Lipinski definition) is 4. The third-order valence-corrected chi connectivity index (χ3v) is 4.22. The van der Waals surface area contributed by atoms with Gasteiger partial charge in [0.25, 0.3) is 5.56 Å². The number of benzene rings is 1. The first kappa shape index (κ1) is 13.8. The number of carbonyl (C=O) groups excluding carboxylic acids is 1. The predicted octanol–water partition coefficient (Wildman–Crippen LogP) is 2.08. The molecule has 1 N–H and O–H groups in total. The van der Waals surface area contributed by atoms with Crippen molar-refractivity contribution in [3.63, 3.8) is 0 Å². The summed E-state index contributed by atoms with van der Waals surface area (Å²) in [4.78, 5) is 31.6. The second-order valence-electron chi connectivity index (χ2n) is 5.54. The number of nitrogens with zero attached hydrogens (tertiary/aromatic N) is 2. The Morgan fingerprint density at radius 2 is 2.17 bits per heavy atom. The molecule has 0 fully saturated rings. The van der Waals surface area contributed by atoms with Crippen LogP contribution in [0.15, 0.2) is 29.1 Å². The van der Waals surface area contributed by atoms with Crippen LogP contribution in [0.2, 0.25) is 0 Å². The number of imidazole rings is 1. The van der Waals surface area contributed by atoms with E-state index in [-0.39, 0.29) is 23.5 Å². The van der Waals surface area contributed by atoms with E-state index in [1.54, 1.807) is 18.2 Å². The van der Waals surface area contributed by atoms with E-state index in [0.29, 0.717) is 12.1 Å². The molecule has 1 aliphatic rings. The van der Waals surface area contributed by atoms with Crippen molar-refractivity contribution in [3.05, 3.63) is 57.3 Å². The number of aromatic nitrogens is 3. The topological polar surface area (TPSA) is 76.5 Å². The fourth-order valence-electron chi connectivity index (χ4n) is 3.22. The summed E-state index contributed by atoms with van der Waals surface area (Å²) in [7, 11) is 0. The number of hydrogen-bond donors (Lipinski definition) is 1. The highest BCUT2D eigenvalue weighted by Crippen LogP contribution is 2.34. The lowest BCUT2D eigenvalue weighted by Gasteiger charge is -2.05. The first-order valence-electron chi connectivity index (χ1n) is 7.51. The number of aryl methyl sites for hydroxylation is 1. The summed E-state index contributed by atoms with van der Waals surface area (Å²) in [6, 6.07) is 7.95. The molecule has 0 atom stereocenters. The molecule has 0 aliphatic heterocycles. The Morgan fingerprint density at radius 1 is 1.39 bits per heavy atom. The molecule has 0 radical (unpaired) electrons. The van der Waals surface area contributed by atoms with Crippen molar-refractivity contribution in [1.29, 1.82) is 0 Å². The van der Waals surface area contributed by atoms with Gasteiger partial charge in [0.15, 0.2) is 5.69 Å². The Balaban J connectivity index is 2.02. The number of esters is 1. The van der Waals surface area contributed by atoms with Crippen LogP contribution in [0.3, 0.4) is 0 Å². The smallest absolute Gasteiger partial charge is 0.358 e. The van der Waals surface area contributed by atoms with Gasteiger partial charge in [0, 0.05) is 12.0 Å². The molecule has 116 valence electrons. The lowest BCUT2D eigenvalue weighted by Crippen LogP contribution is -2.14. The molecule has 0 spiro atoms. The van der Waals surface area contributed by atoms with Crippen LogP contribution in [0.4, 0.5) is 0 Å². The van der Waals surface area contributed by atoms with Crippen LogP contribution < -0.4 is 5.56 Å². The summed E-state index contributed by atoms with van der Waals surface area (Å²) < 4.78 is 6.81. The van der Waals surface area contributed by atoms with Crippen molar-refractivity contribution < 1.29 is 9.53 Å². The molecule has 6 nitrogen and oxygen atoms in total. The molecule has 4 rings (SSSR count). The monoisotopic (exact) mass is 309 g/mol. The largest absolute Gasteiger partial charge is 0.461 e.